The van der Waals surface area contributed by atoms with E-state index < -0.39 is 0 Å². The van der Waals surface area contributed by atoms with Crippen LogP contribution in [0.15, 0.2) is 78.9 Å². The highest BCUT2D eigenvalue weighted by Crippen LogP contribution is 2.22. The van der Waals surface area contributed by atoms with Gasteiger partial charge < -0.3 is 19.8 Å². The van der Waals surface area contributed by atoms with Crippen LogP contribution in [0.4, 0.5) is 0 Å². The van der Waals surface area contributed by atoms with Crippen molar-refractivity contribution in [2.45, 2.75) is 13.0 Å². The quantitative estimate of drug-likeness (QED) is 0.273. The molecule has 168 valence electrons. The van der Waals surface area contributed by atoms with Gasteiger partial charge in [0.15, 0.2) is 0 Å². The standard InChI is InChI=1S/C27H27N3O3/c1-32-17-7-16-28-27(31)23(26-29-24-10-5-6-11-25(24)30-26)18-20-12-14-22(15-13-20)33-19-21-8-3-2-4-9-21/h2-6,8-15,18H,7,16-17,19H2,1H3,(H,28,31)(H,29,30)/b23-18+. The molecule has 0 saturated heterocycles. The predicted octanol–water partition coefficient (Wildman–Crippen LogP) is 4.84. The molecule has 2 N–H and O–H groups in total. The van der Waals surface area contributed by atoms with Crippen molar-refractivity contribution in [3.8, 4) is 5.75 Å². The van der Waals surface area contributed by atoms with E-state index in [-0.39, 0.29) is 5.91 Å². The molecule has 0 unspecified atom stereocenters. The molecule has 33 heavy (non-hydrogen) atoms. The van der Waals surface area contributed by atoms with Gasteiger partial charge in [0.25, 0.3) is 5.91 Å². The summed E-state index contributed by atoms with van der Waals surface area (Å²) in [5, 5.41) is 2.96. The smallest absolute Gasteiger partial charge is 0.255 e. The summed E-state index contributed by atoms with van der Waals surface area (Å²) in [4.78, 5) is 20.9. The van der Waals surface area contributed by atoms with Gasteiger partial charge in [0.05, 0.1) is 16.6 Å². The van der Waals surface area contributed by atoms with E-state index in [9.17, 15) is 4.79 Å². The molecule has 0 spiro atoms. The Morgan fingerprint density at radius 3 is 2.52 bits per heavy atom. The number of rotatable bonds is 10. The van der Waals surface area contributed by atoms with E-state index in [1.807, 2.05) is 84.9 Å². The van der Waals surface area contributed by atoms with E-state index >= 15 is 0 Å². The molecule has 6 nitrogen and oxygen atoms in total. The van der Waals surface area contributed by atoms with Crippen LogP contribution in [0.2, 0.25) is 0 Å². The van der Waals surface area contributed by atoms with E-state index in [2.05, 4.69) is 15.3 Å². The molecule has 0 saturated carbocycles. The van der Waals surface area contributed by atoms with Crippen LogP contribution in [0.5, 0.6) is 5.75 Å². The van der Waals surface area contributed by atoms with Crippen molar-refractivity contribution >= 4 is 28.6 Å². The number of nitrogens with zero attached hydrogens (tertiary/aromatic N) is 1. The highest BCUT2D eigenvalue weighted by atomic mass is 16.5. The van der Waals surface area contributed by atoms with Gasteiger partial charge in [-0.2, -0.15) is 0 Å². The normalized spacial score (nSPS) is 11.5. The Bertz CT molecular complexity index is 1180. The van der Waals surface area contributed by atoms with Crippen LogP contribution in [0.3, 0.4) is 0 Å². The average Bonchev–Trinajstić information content (AvgIpc) is 3.29. The molecule has 0 bridgehead atoms. The third-order valence-corrected chi connectivity index (χ3v) is 5.14. The maximum atomic E-state index is 13.0. The van der Waals surface area contributed by atoms with Gasteiger partial charge in [0.1, 0.15) is 18.2 Å². The number of benzene rings is 3. The number of aromatic nitrogens is 2. The number of hydrogen-bond acceptors (Lipinski definition) is 4. The van der Waals surface area contributed by atoms with Gasteiger partial charge in [0, 0.05) is 20.3 Å². The summed E-state index contributed by atoms with van der Waals surface area (Å²) in [6.07, 6.45) is 2.58. The third-order valence-electron chi connectivity index (χ3n) is 5.14. The number of carbonyl (C=O) groups is 1. The van der Waals surface area contributed by atoms with E-state index in [0.717, 1.165) is 34.3 Å². The Balaban J connectivity index is 1.53. The molecule has 1 heterocycles. The first kappa shape index (κ1) is 22.3. The van der Waals surface area contributed by atoms with E-state index in [1.165, 1.54) is 0 Å². The number of hydrogen-bond donors (Lipinski definition) is 2. The molecule has 0 aliphatic heterocycles. The minimum absolute atomic E-state index is 0.186. The second-order valence-electron chi connectivity index (χ2n) is 7.61. The van der Waals surface area contributed by atoms with Crippen molar-refractivity contribution in [1.29, 1.82) is 0 Å². The molecule has 4 rings (SSSR count). The zero-order valence-corrected chi connectivity index (χ0v) is 18.6. The summed E-state index contributed by atoms with van der Waals surface area (Å²) in [7, 11) is 1.65. The zero-order valence-electron chi connectivity index (χ0n) is 18.6. The number of para-hydroxylation sites is 2. The first-order chi connectivity index (χ1) is 16.2. The first-order valence-corrected chi connectivity index (χ1v) is 10.9. The van der Waals surface area contributed by atoms with Crippen molar-refractivity contribution in [3.05, 3.63) is 95.8 Å². The maximum absolute atomic E-state index is 13.0. The molecule has 6 heteroatoms. The number of H-pyrrole nitrogens is 1. The summed E-state index contributed by atoms with van der Waals surface area (Å²) in [5.41, 5.74) is 4.16. The van der Waals surface area contributed by atoms with E-state index in [1.54, 1.807) is 7.11 Å². The van der Waals surface area contributed by atoms with Gasteiger partial charge in [-0.3, -0.25) is 4.79 Å². The monoisotopic (exact) mass is 441 g/mol. The number of methoxy groups -OCH3 is 1. The van der Waals surface area contributed by atoms with Crippen LogP contribution < -0.4 is 10.1 Å². The Labute approximate surface area is 193 Å². The van der Waals surface area contributed by atoms with Gasteiger partial charge in [-0.15, -0.1) is 0 Å². The highest BCUT2D eigenvalue weighted by molar-refractivity contribution is 6.23. The number of amides is 1. The zero-order chi connectivity index (χ0) is 22.9. The average molecular weight is 442 g/mol. The summed E-state index contributed by atoms with van der Waals surface area (Å²) >= 11 is 0. The molecule has 0 radical (unpaired) electrons. The lowest BCUT2D eigenvalue weighted by atomic mass is 10.1. The molecule has 4 aromatic rings. The number of carbonyl (C=O) groups excluding carboxylic acids is 1. The van der Waals surface area contributed by atoms with Crippen molar-refractivity contribution in [2.75, 3.05) is 20.3 Å². The maximum Gasteiger partial charge on any atom is 0.255 e. The fraction of sp³-hybridized carbons (Fsp3) is 0.185. The van der Waals surface area contributed by atoms with Crippen LogP contribution in [0.1, 0.15) is 23.4 Å². The SMILES string of the molecule is COCCCNC(=O)/C(=C/c1ccc(OCc2ccccc2)cc1)c1nc2ccccc2[nH]1. The topological polar surface area (TPSA) is 76.2 Å². The molecule has 0 aliphatic carbocycles. The van der Waals surface area contributed by atoms with Crippen LogP contribution in [0, 0.1) is 0 Å². The highest BCUT2D eigenvalue weighted by Gasteiger charge is 2.16. The van der Waals surface area contributed by atoms with Crippen molar-refractivity contribution in [1.82, 2.24) is 15.3 Å². The molecular weight excluding hydrogens is 414 g/mol. The van der Waals surface area contributed by atoms with Crippen molar-refractivity contribution in [2.24, 2.45) is 0 Å². The second kappa shape index (κ2) is 11.1. The summed E-state index contributed by atoms with van der Waals surface area (Å²) in [6.45, 7) is 1.62. The first-order valence-electron chi connectivity index (χ1n) is 10.9. The molecule has 0 aliphatic rings. The number of ether oxygens (including phenoxy) is 2. The van der Waals surface area contributed by atoms with Gasteiger partial charge in [-0.25, -0.2) is 4.98 Å². The molecule has 0 fully saturated rings. The fourth-order valence-electron chi connectivity index (χ4n) is 3.40. The molecular formula is C27H27N3O3. The van der Waals surface area contributed by atoms with Gasteiger partial charge >= 0.3 is 0 Å². The number of aromatic amines is 1. The third kappa shape index (κ3) is 6.08. The lowest BCUT2D eigenvalue weighted by molar-refractivity contribution is -0.115. The van der Waals surface area contributed by atoms with Crippen LogP contribution in [-0.4, -0.2) is 36.1 Å². The van der Waals surface area contributed by atoms with Gasteiger partial charge in [0.2, 0.25) is 0 Å². The summed E-state index contributed by atoms with van der Waals surface area (Å²) in [5.74, 6) is 1.12. The predicted molar refractivity (Wildman–Crippen MR) is 131 cm³/mol. The number of fused-ring (bicyclic) bond motifs is 1. The van der Waals surface area contributed by atoms with Gasteiger partial charge in [-0.1, -0.05) is 54.6 Å². The lowest BCUT2D eigenvalue weighted by Gasteiger charge is -2.09. The Morgan fingerprint density at radius 2 is 1.76 bits per heavy atom. The van der Waals surface area contributed by atoms with Crippen LogP contribution in [0.25, 0.3) is 22.7 Å². The lowest BCUT2D eigenvalue weighted by Crippen LogP contribution is -2.26. The summed E-state index contributed by atoms with van der Waals surface area (Å²) < 4.78 is 10.9. The molecule has 1 amide bonds. The Morgan fingerprint density at radius 1 is 1.00 bits per heavy atom. The second-order valence-corrected chi connectivity index (χ2v) is 7.61. The largest absolute Gasteiger partial charge is 0.489 e. The van der Waals surface area contributed by atoms with E-state index in [0.29, 0.717) is 31.2 Å². The number of imidazole rings is 1. The Kier molecular flexibility index (Phi) is 7.51. The molecule has 3 aromatic carbocycles. The van der Waals surface area contributed by atoms with Crippen LogP contribution >= 0.6 is 0 Å². The van der Waals surface area contributed by atoms with Crippen molar-refractivity contribution < 1.29 is 14.3 Å². The summed E-state index contributed by atoms with van der Waals surface area (Å²) in [6, 6.07) is 25.4. The minimum atomic E-state index is -0.186. The van der Waals surface area contributed by atoms with Gasteiger partial charge in [-0.05, 0) is 47.9 Å². The van der Waals surface area contributed by atoms with E-state index in [4.69, 9.17) is 9.47 Å². The number of nitrogens with one attached hydrogen (secondary N) is 2. The molecule has 0 atom stereocenters. The minimum Gasteiger partial charge on any atom is -0.489 e. The van der Waals surface area contributed by atoms with Crippen LogP contribution in [-0.2, 0) is 16.1 Å². The fourth-order valence-corrected chi connectivity index (χ4v) is 3.40. The molecule has 1 aromatic heterocycles. The van der Waals surface area contributed by atoms with Crippen molar-refractivity contribution in [3.63, 3.8) is 0 Å². The Hall–Kier alpha value is -3.90.